The van der Waals surface area contributed by atoms with Crippen LogP contribution in [-0.2, 0) is 4.79 Å². The Balaban J connectivity index is 1.44. The Morgan fingerprint density at radius 1 is 1.11 bits per heavy atom. The SMILES string of the molecule is O=C(CSc1nc2ccccc2[nH]1)NNC(=S)NC(=O)c1ccccc1Br. The molecule has 3 rings (SSSR count). The van der Waals surface area contributed by atoms with Crippen molar-refractivity contribution in [1.82, 2.24) is 26.1 Å². The van der Waals surface area contributed by atoms with Crippen molar-refractivity contribution >= 4 is 67.9 Å². The summed E-state index contributed by atoms with van der Waals surface area (Å²) in [6.45, 7) is 0. The number of carbonyl (C=O) groups is 2. The van der Waals surface area contributed by atoms with Gasteiger partial charge in [0.2, 0.25) is 5.91 Å². The summed E-state index contributed by atoms with van der Waals surface area (Å²) in [4.78, 5) is 31.6. The molecule has 0 aliphatic rings. The Kier molecular flexibility index (Phi) is 6.43. The Morgan fingerprint density at radius 3 is 2.63 bits per heavy atom. The van der Waals surface area contributed by atoms with Gasteiger partial charge in [0.25, 0.3) is 5.91 Å². The molecule has 10 heteroatoms. The van der Waals surface area contributed by atoms with Crippen LogP contribution in [0.1, 0.15) is 10.4 Å². The number of benzene rings is 2. The second-order valence-corrected chi connectivity index (χ2v) is 7.51. The summed E-state index contributed by atoms with van der Waals surface area (Å²) in [5.74, 6) is -0.558. The molecule has 0 unspecified atom stereocenters. The fourth-order valence-electron chi connectivity index (χ4n) is 2.14. The van der Waals surface area contributed by atoms with Crippen molar-refractivity contribution in [3.63, 3.8) is 0 Å². The van der Waals surface area contributed by atoms with Gasteiger partial charge in [0.05, 0.1) is 22.3 Å². The highest BCUT2D eigenvalue weighted by Gasteiger charge is 2.12. The topological polar surface area (TPSA) is 98.9 Å². The number of aromatic amines is 1. The molecular formula is C17H14BrN5O2S2. The van der Waals surface area contributed by atoms with E-state index in [9.17, 15) is 9.59 Å². The molecule has 7 nitrogen and oxygen atoms in total. The Labute approximate surface area is 172 Å². The molecule has 138 valence electrons. The van der Waals surface area contributed by atoms with E-state index in [1.165, 1.54) is 11.8 Å². The van der Waals surface area contributed by atoms with Crippen LogP contribution in [0.15, 0.2) is 58.2 Å². The van der Waals surface area contributed by atoms with E-state index >= 15 is 0 Å². The van der Waals surface area contributed by atoms with Crippen molar-refractivity contribution in [2.75, 3.05) is 5.75 Å². The number of aromatic nitrogens is 2. The number of fused-ring (bicyclic) bond motifs is 1. The monoisotopic (exact) mass is 463 g/mol. The minimum absolute atomic E-state index is 0.00200. The predicted octanol–water partition coefficient (Wildman–Crippen LogP) is 2.75. The zero-order valence-corrected chi connectivity index (χ0v) is 17.0. The number of hydrogen-bond donors (Lipinski definition) is 4. The molecule has 27 heavy (non-hydrogen) atoms. The second kappa shape index (κ2) is 8.98. The van der Waals surface area contributed by atoms with Crippen LogP contribution in [0, 0.1) is 0 Å². The quantitative estimate of drug-likeness (QED) is 0.269. The number of para-hydroxylation sites is 2. The summed E-state index contributed by atoms with van der Waals surface area (Å²) in [6, 6.07) is 14.6. The molecule has 2 amide bonds. The molecule has 0 aliphatic carbocycles. The normalized spacial score (nSPS) is 10.4. The molecule has 0 bridgehead atoms. The maximum absolute atomic E-state index is 12.1. The number of imidazole rings is 1. The molecule has 0 aliphatic heterocycles. The summed E-state index contributed by atoms with van der Waals surface area (Å²) in [5.41, 5.74) is 7.14. The molecular weight excluding hydrogens is 450 g/mol. The number of thiocarbonyl (C=S) groups is 1. The lowest BCUT2D eigenvalue weighted by Gasteiger charge is -2.11. The lowest BCUT2D eigenvalue weighted by Crippen LogP contribution is -2.49. The lowest BCUT2D eigenvalue weighted by molar-refractivity contribution is -0.119. The zero-order valence-electron chi connectivity index (χ0n) is 13.8. The van der Waals surface area contributed by atoms with Crippen molar-refractivity contribution in [2.45, 2.75) is 5.16 Å². The molecule has 0 radical (unpaired) electrons. The number of nitrogens with zero attached hydrogens (tertiary/aromatic N) is 1. The fraction of sp³-hybridized carbons (Fsp3) is 0.0588. The van der Waals surface area contributed by atoms with E-state index < -0.39 is 0 Å². The number of nitrogens with one attached hydrogen (secondary N) is 4. The van der Waals surface area contributed by atoms with Crippen molar-refractivity contribution in [3.05, 3.63) is 58.6 Å². The van der Waals surface area contributed by atoms with Crippen LogP contribution >= 0.6 is 39.9 Å². The number of thioether (sulfide) groups is 1. The first kappa shape index (κ1) is 19.3. The molecule has 2 aromatic carbocycles. The van der Waals surface area contributed by atoms with Gasteiger partial charge in [-0.3, -0.25) is 25.8 Å². The molecule has 3 aromatic rings. The first-order valence-electron chi connectivity index (χ1n) is 7.75. The average Bonchev–Trinajstić information content (AvgIpc) is 3.08. The number of halogens is 1. The summed E-state index contributed by atoms with van der Waals surface area (Å²) in [7, 11) is 0. The molecule has 0 saturated carbocycles. The van der Waals surface area contributed by atoms with Gasteiger partial charge in [0.15, 0.2) is 10.3 Å². The van der Waals surface area contributed by atoms with Crippen LogP contribution in [0.2, 0.25) is 0 Å². The van der Waals surface area contributed by atoms with Crippen LogP contribution in [0.4, 0.5) is 0 Å². The van der Waals surface area contributed by atoms with Crippen LogP contribution in [0.25, 0.3) is 11.0 Å². The molecule has 0 atom stereocenters. The Morgan fingerprint density at radius 2 is 1.85 bits per heavy atom. The van der Waals surface area contributed by atoms with Crippen molar-refractivity contribution in [2.24, 2.45) is 0 Å². The Hall–Kier alpha value is -2.43. The van der Waals surface area contributed by atoms with Gasteiger partial charge in [-0.05, 0) is 52.4 Å². The summed E-state index contributed by atoms with van der Waals surface area (Å²) >= 11 is 9.58. The predicted molar refractivity (Wildman–Crippen MR) is 112 cm³/mol. The summed E-state index contributed by atoms with van der Waals surface area (Å²) < 4.78 is 0.650. The van der Waals surface area contributed by atoms with E-state index in [1.807, 2.05) is 24.3 Å². The molecule has 4 N–H and O–H groups in total. The molecule has 1 aromatic heterocycles. The van der Waals surface area contributed by atoms with E-state index in [0.717, 1.165) is 11.0 Å². The fourth-order valence-corrected chi connectivity index (χ4v) is 3.43. The lowest BCUT2D eigenvalue weighted by atomic mass is 10.2. The third-order valence-corrected chi connectivity index (χ3v) is 5.14. The minimum atomic E-state index is -0.383. The van der Waals surface area contributed by atoms with Gasteiger partial charge in [0.1, 0.15) is 0 Å². The third-order valence-electron chi connectivity index (χ3n) is 3.37. The van der Waals surface area contributed by atoms with Gasteiger partial charge in [-0.1, -0.05) is 36.0 Å². The largest absolute Gasteiger partial charge is 0.333 e. The van der Waals surface area contributed by atoms with Gasteiger partial charge in [-0.2, -0.15) is 0 Å². The highest BCUT2D eigenvalue weighted by atomic mass is 79.9. The minimum Gasteiger partial charge on any atom is -0.333 e. The van der Waals surface area contributed by atoms with E-state index in [4.69, 9.17) is 12.2 Å². The van der Waals surface area contributed by atoms with Gasteiger partial charge in [-0.25, -0.2) is 4.98 Å². The number of rotatable bonds is 4. The average molecular weight is 464 g/mol. The highest BCUT2D eigenvalue weighted by molar-refractivity contribution is 9.10. The zero-order chi connectivity index (χ0) is 19.2. The van der Waals surface area contributed by atoms with E-state index in [-0.39, 0.29) is 22.7 Å². The highest BCUT2D eigenvalue weighted by Crippen LogP contribution is 2.18. The van der Waals surface area contributed by atoms with E-state index in [1.54, 1.807) is 24.3 Å². The molecule has 0 saturated heterocycles. The van der Waals surface area contributed by atoms with Crippen molar-refractivity contribution in [3.8, 4) is 0 Å². The number of hydrazine groups is 1. The number of hydrogen-bond acceptors (Lipinski definition) is 5. The van der Waals surface area contributed by atoms with Gasteiger partial charge >= 0.3 is 0 Å². The number of H-pyrrole nitrogens is 1. The van der Waals surface area contributed by atoms with Crippen LogP contribution in [0.3, 0.4) is 0 Å². The molecule has 1 heterocycles. The van der Waals surface area contributed by atoms with Crippen LogP contribution in [-0.4, -0.2) is 32.6 Å². The van der Waals surface area contributed by atoms with Gasteiger partial charge in [-0.15, -0.1) is 0 Å². The first-order chi connectivity index (χ1) is 13.0. The van der Waals surface area contributed by atoms with E-state index in [2.05, 4.69) is 42.1 Å². The van der Waals surface area contributed by atoms with Crippen molar-refractivity contribution < 1.29 is 9.59 Å². The van der Waals surface area contributed by atoms with Crippen molar-refractivity contribution in [1.29, 1.82) is 0 Å². The van der Waals surface area contributed by atoms with Gasteiger partial charge < -0.3 is 4.98 Å². The number of amides is 2. The van der Waals surface area contributed by atoms with Crippen LogP contribution < -0.4 is 16.2 Å². The Bertz CT molecular complexity index is 975. The standard InChI is InChI=1S/C17H14BrN5O2S2/c18-11-6-2-1-5-10(11)15(25)21-16(26)23-22-14(24)9-27-17-19-12-7-3-4-8-13(12)20-17/h1-8H,9H2,(H,19,20)(H,22,24)(H2,21,23,25,26). The number of carbonyl (C=O) groups excluding carboxylic acids is 2. The summed E-state index contributed by atoms with van der Waals surface area (Å²) in [6.07, 6.45) is 0. The first-order valence-corrected chi connectivity index (χ1v) is 9.94. The second-order valence-electron chi connectivity index (χ2n) is 5.28. The van der Waals surface area contributed by atoms with Gasteiger partial charge in [0, 0.05) is 4.47 Å². The molecule has 0 fully saturated rings. The summed E-state index contributed by atoms with van der Waals surface area (Å²) in [5, 5.41) is 3.14. The van der Waals surface area contributed by atoms with E-state index in [0.29, 0.717) is 15.2 Å². The maximum atomic E-state index is 12.1. The van der Waals surface area contributed by atoms with Crippen LogP contribution in [0.5, 0.6) is 0 Å². The third kappa shape index (κ3) is 5.28. The smallest absolute Gasteiger partial charge is 0.258 e. The maximum Gasteiger partial charge on any atom is 0.258 e. The molecule has 0 spiro atoms.